The molecule has 0 heterocycles. The summed E-state index contributed by atoms with van der Waals surface area (Å²) in [5.74, 6) is 0.824. The molecule has 1 aromatic rings. The third kappa shape index (κ3) is 10.0. The van der Waals surface area contributed by atoms with Gasteiger partial charge in [-0.25, -0.2) is 0 Å². The van der Waals surface area contributed by atoms with Gasteiger partial charge >= 0.3 is 5.97 Å². The average Bonchev–Trinajstić information content (AvgIpc) is 2.74. The number of esters is 1. The first kappa shape index (κ1) is 24.1. The fourth-order valence-corrected chi connectivity index (χ4v) is 3.56. The molecule has 0 radical (unpaired) electrons. The first-order valence-corrected chi connectivity index (χ1v) is 11.0. The molecule has 0 aromatic heterocycles. The van der Waals surface area contributed by atoms with E-state index in [0.717, 1.165) is 30.4 Å². The lowest BCUT2D eigenvalue weighted by Gasteiger charge is -2.21. The van der Waals surface area contributed by atoms with Gasteiger partial charge in [-0.15, -0.1) is 0 Å². The maximum Gasteiger partial charge on any atom is 0.306 e. The summed E-state index contributed by atoms with van der Waals surface area (Å²) in [7, 11) is 1.52. The molecule has 1 aliphatic rings. The Morgan fingerprint density at radius 3 is 2.47 bits per heavy atom. The van der Waals surface area contributed by atoms with E-state index in [1.165, 1.54) is 39.2 Å². The summed E-state index contributed by atoms with van der Waals surface area (Å²) in [6.07, 6.45) is 7.81. The van der Waals surface area contributed by atoms with Crippen molar-refractivity contribution in [3.05, 3.63) is 24.3 Å². The number of nitrogens with one attached hydrogen (secondary N) is 2. The second-order valence-electron chi connectivity index (χ2n) is 7.38. The van der Waals surface area contributed by atoms with Crippen molar-refractivity contribution < 1.29 is 23.8 Å². The van der Waals surface area contributed by atoms with E-state index in [9.17, 15) is 9.59 Å². The summed E-state index contributed by atoms with van der Waals surface area (Å²) >= 11 is 5.15. The molecule has 30 heavy (non-hydrogen) atoms. The largest absolute Gasteiger partial charge is 0.494 e. The minimum atomic E-state index is -0.444. The van der Waals surface area contributed by atoms with Gasteiger partial charge in [0.1, 0.15) is 12.4 Å². The van der Waals surface area contributed by atoms with Crippen molar-refractivity contribution in [2.24, 2.45) is 5.92 Å². The Bertz CT molecular complexity index is 675. The van der Waals surface area contributed by atoms with Crippen LogP contribution >= 0.6 is 12.2 Å². The Balaban J connectivity index is 1.62. The highest BCUT2D eigenvalue weighted by Gasteiger charge is 2.13. The fourth-order valence-electron chi connectivity index (χ4n) is 3.33. The molecule has 0 aliphatic heterocycles. The highest BCUT2D eigenvalue weighted by molar-refractivity contribution is 7.80. The second kappa shape index (κ2) is 13.9. The molecule has 2 N–H and O–H groups in total. The van der Waals surface area contributed by atoms with Crippen molar-refractivity contribution in [3.8, 4) is 5.75 Å². The van der Waals surface area contributed by atoms with E-state index in [-0.39, 0.29) is 30.5 Å². The molecule has 0 unspecified atom stereocenters. The normalized spacial score (nSPS) is 14.0. The topological polar surface area (TPSA) is 85.9 Å². The van der Waals surface area contributed by atoms with Crippen LogP contribution in [0.1, 0.15) is 51.4 Å². The first-order valence-electron chi connectivity index (χ1n) is 10.5. The number of methoxy groups -OCH3 is 1. The van der Waals surface area contributed by atoms with Crippen LogP contribution in [-0.2, 0) is 19.1 Å². The van der Waals surface area contributed by atoms with Gasteiger partial charge < -0.3 is 24.8 Å². The van der Waals surface area contributed by atoms with E-state index < -0.39 is 5.97 Å². The van der Waals surface area contributed by atoms with Crippen molar-refractivity contribution in [2.75, 3.05) is 32.2 Å². The molecule has 1 amide bonds. The van der Waals surface area contributed by atoms with Crippen LogP contribution in [0.2, 0.25) is 0 Å². The summed E-state index contributed by atoms with van der Waals surface area (Å²) in [4.78, 5) is 23.4. The highest BCUT2D eigenvalue weighted by atomic mass is 32.1. The number of anilines is 1. The summed E-state index contributed by atoms with van der Waals surface area (Å²) in [5, 5.41) is 5.68. The standard InChI is InChI=1S/C22H32N2O5S/c1-27-15-16-29-21(26)12-11-20(25)24-22(30)23-18-7-9-19(10-8-18)28-14-13-17-5-3-2-4-6-17/h7-10,17H,2-6,11-16H2,1H3,(H2,23,24,25,30). The van der Waals surface area contributed by atoms with Crippen molar-refractivity contribution in [2.45, 2.75) is 51.4 Å². The summed E-state index contributed by atoms with van der Waals surface area (Å²) in [6, 6.07) is 7.45. The maximum atomic E-state index is 11.9. The predicted molar refractivity (Wildman–Crippen MR) is 120 cm³/mol. The number of benzene rings is 1. The van der Waals surface area contributed by atoms with Crippen LogP contribution in [-0.4, -0.2) is 43.9 Å². The van der Waals surface area contributed by atoms with Gasteiger partial charge in [-0.05, 0) is 48.8 Å². The predicted octanol–water partition coefficient (Wildman–Crippen LogP) is 3.82. The minimum Gasteiger partial charge on any atom is -0.494 e. The molecule has 1 aliphatic carbocycles. The zero-order valence-corrected chi connectivity index (χ0v) is 18.4. The zero-order chi connectivity index (χ0) is 21.6. The SMILES string of the molecule is COCCOC(=O)CCC(=O)NC(=S)Nc1ccc(OCCC2CCCCC2)cc1. The molecular weight excluding hydrogens is 404 g/mol. The van der Waals surface area contributed by atoms with Crippen LogP contribution in [0, 0.1) is 5.92 Å². The van der Waals surface area contributed by atoms with E-state index in [2.05, 4.69) is 10.6 Å². The Morgan fingerprint density at radius 2 is 1.77 bits per heavy atom. The van der Waals surface area contributed by atoms with Gasteiger partial charge in [-0.2, -0.15) is 0 Å². The molecule has 1 saturated carbocycles. The molecule has 7 nitrogen and oxygen atoms in total. The summed E-state index contributed by atoms with van der Waals surface area (Å²) in [5.41, 5.74) is 0.749. The van der Waals surface area contributed by atoms with Gasteiger partial charge in [0.05, 0.1) is 19.6 Å². The van der Waals surface area contributed by atoms with E-state index in [0.29, 0.717) is 6.61 Å². The summed E-state index contributed by atoms with van der Waals surface area (Å²) < 4.78 is 15.5. The molecule has 0 bridgehead atoms. The Hall–Kier alpha value is -2.19. The van der Waals surface area contributed by atoms with Gasteiger partial charge in [0.15, 0.2) is 5.11 Å². The molecule has 1 aromatic carbocycles. The number of hydrogen-bond donors (Lipinski definition) is 2. The molecule has 166 valence electrons. The highest BCUT2D eigenvalue weighted by Crippen LogP contribution is 2.26. The van der Waals surface area contributed by atoms with Gasteiger partial charge in [0.2, 0.25) is 5.91 Å². The number of carbonyl (C=O) groups excluding carboxylic acids is 2. The van der Waals surface area contributed by atoms with E-state index in [4.69, 9.17) is 26.4 Å². The second-order valence-corrected chi connectivity index (χ2v) is 7.79. The monoisotopic (exact) mass is 436 g/mol. The number of hydrogen-bond acceptors (Lipinski definition) is 6. The third-order valence-corrected chi connectivity index (χ3v) is 5.20. The number of carbonyl (C=O) groups is 2. The molecule has 8 heteroatoms. The van der Waals surface area contributed by atoms with E-state index in [1.807, 2.05) is 24.3 Å². The maximum absolute atomic E-state index is 11.9. The van der Waals surface area contributed by atoms with Crippen LogP contribution in [0.15, 0.2) is 24.3 Å². The fraction of sp³-hybridized carbons (Fsp3) is 0.591. The van der Waals surface area contributed by atoms with Crippen LogP contribution < -0.4 is 15.4 Å². The zero-order valence-electron chi connectivity index (χ0n) is 17.6. The quantitative estimate of drug-likeness (QED) is 0.310. The van der Waals surface area contributed by atoms with Crippen molar-refractivity contribution in [1.82, 2.24) is 5.32 Å². The molecule has 0 atom stereocenters. The average molecular weight is 437 g/mol. The van der Waals surface area contributed by atoms with Gasteiger partial charge in [-0.1, -0.05) is 32.1 Å². The van der Waals surface area contributed by atoms with Crippen LogP contribution in [0.5, 0.6) is 5.75 Å². The molecule has 0 saturated heterocycles. The Morgan fingerprint density at radius 1 is 1.03 bits per heavy atom. The lowest BCUT2D eigenvalue weighted by Crippen LogP contribution is -2.34. The number of amides is 1. The number of rotatable bonds is 11. The minimum absolute atomic E-state index is 0.00140. The van der Waals surface area contributed by atoms with Crippen LogP contribution in [0.3, 0.4) is 0 Å². The van der Waals surface area contributed by atoms with E-state index >= 15 is 0 Å². The van der Waals surface area contributed by atoms with Crippen LogP contribution in [0.4, 0.5) is 5.69 Å². The first-order chi connectivity index (χ1) is 14.6. The number of thiocarbonyl (C=S) groups is 1. The van der Waals surface area contributed by atoms with Crippen molar-refractivity contribution >= 4 is 34.9 Å². The van der Waals surface area contributed by atoms with E-state index in [1.54, 1.807) is 0 Å². The smallest absolute Gasteiger partial charge is 0.306 e. The van der Waals surface area contributed by atoms with Crippen LogP contribution in [0.25, 0.3) is 0 Å². The summed E-state index contributed by atoms with van der Waals surface area (Å²) in [6.45, 7) is 1.24. The molecule has 2 rings (SSSR count). The van der Waals surface area contributed by atoms with Gasteiger partial charge in [-0.3, -0.25) is 9.59 Å². The van der Waals surface area contributed by atoms with Crippen molar-refractivity contribution in [1.29, 1.82) is 0 Å². The Labute approximate surface area is 183 Å². The lowest BCUT2D eigenvalue weighted by molar-refractivity contribution is -0.146. The number of ether oxygens (including phenoxy) is 3. The molecule has 1 fully saturated rings. The Kier molecular flexibility index (Phi) is 11.2. The third-order valence-electron chi connectivity index (χ3n) is 4.99. The van der Waals surface area contributed by atoms with Crippen molar-refractivity contribution in [3.63, 3.8) is 0 Å². The lowest BCUT2D eigenvalue weighted by atomic mass is 9.87. The molecule has 0 spiro atoms. The van der Waals surface area contributed by atoms with Gasteiger partial charge in [0.25, 0.3) is 0 Å². The van der Waals surface area contributed by atoms with Gasteiger partial charge in [0, 0.05) is 19.2 Å². The molecular formula is C22H32N2O5S.